The van der Waals surface area contributed by atoms with E-state index in [2.05, 4.69) is 26.4 Å². The molecular weight excluding hydrogens is 443 g/mol. The Kier molecular flexibility index (Phi) is 7.32. The molecule has 2 aromatic carbocycles. The smallest absolute Gasteiger partial charge is 0.255 e. The molecule has 0 aliphatic carbocycles. The zero-order valence-corrected chi connectivity index (χ0v) is 18.6. The molecule has 2 N–H and O–H groups in total. The van der Waals surface area contributed by atoms with Crippen molar-refractivity contribution in [3.63, 3.8) is 0 Å². The number of rotatable bonds is 7. The summed E-state index contributed by atoms with van der Waals surface area (Å²) in [5.41, 5.74) is 1.32. The summed E-state index contributed by atoms with van der Waals surface area (Å²) in [5.74, 6) is -1.52. The second kappa shape index (κ2) is 9.78. The molecule has 3 rings (SSSR count). The first-order chi connectivity index (χ1) is 14.7. The van der Waals surface area contributed by atoms with Gasteiger partial charge in [-0.2, -0.15) is 0 Å². The largest absolute Gasteiger partial charge is 0.367 e. The van der Waals surface area contributed by atoms with Crippen molar-refractivity contribution in [2.24, 2.45) is 0 Å². The zero-order valence-electron chi connectivity index (χ0n) is 17.1. The molecule has 166 valence electrons. The van der Waals surface area contributed by atoms with Gasteiger partial charge in [0, 0.05) is 43.3 Å². The molecule has 0 bridgehead atoms. The number of hydrogen-bond donors (Lipinski definition) is 2. The van der Waals surface area contributed by atoms with Gasteiger partial charge in [-0.15, -0.1) is 6.58 Å². The van der Waals surface area contributed by atoms with Gasteiger partial charge in [0.05, 0.1) is 11.4 Å². The third kappa shape index (κ3) is 5.62. The summed E-state index contributed by atoms with van der Waals surface area (Å²) in [4.78, 5) is 16.6. The van der Waals surface area contributed by atoms with Crippen molar-refractivity contribution in [1.29, 1.82) is 0 Å². The second-order valence-electron chi connectivity index (χ2n) is 7.19. The Morgan fingerprint density at radius 1 is 1.19 bits per heavy atom. The van der Waals surface area contributed by atoms with E-state index < -0.39 is 26.6 Å². The SMILES string of the molecule is C=CCNS(=O)(=O)c1cc(C(=O)Nc2cc(Cl)ccc2N2CCN(C)CC2)ccc1F. The van der Waals surface area contributed by atoms with Crippen molar-refractivity contribution in [2.45, 2.75) is 4.90 Å². The molecule has 0 atom stereocenters. The minimum Gasteiger partial charge on any atom is -0.367 e. The molecule has 0 saturated carbocycles. The predicted molar refractivity (Wildman–Crippen MR) is 121 cm³/mol. The first kappa shape index (κ1) is 23.2. The number of sulfonamides is 1. The topological polar surface area (TPSA) is 81.7 Å². The summed E-state index contributed by atoms with van der Waals surface area (Å²) >= 11 is 6.14. The number of halogens is 2. The summed E-state index contributed by atoms with van der Waals surface area (Å²) in [6.07, 6.45) is 1.34. The van der Waals surface area contributed by atoms with Gasteiger partial charge in [0.15, 0.2) is 0 Å². The monoisotopic (exact) mass is 466 g/mol. The van der Waals surface area contributed by atoms with Gasteiger partial charge >= 0.3 is 0 Å². The molecule has 1 amide bonds. The lowest BCUT2D eigenvalue weighted by atomic mass is 10.1. The standard InChI is InChI=1S/C21H24ClFN4O3S/c1-3-8-24-31(29,30)20-13-15(4-6-17(20)23)21(28)25-18-14-16(22)5-7-19(18)27-11-9-26(2)10-12-27/h3-7,13-14,24H,1,8-12H2,2H3,(H,25,28). The van der Waals surface area contributed by atoms with Gasteiger partial charge in [-0.3, -0.25) is 4.79 Å². The Balaban J connectivity index is 1.88. The molecular formula is C21H24ClFN4O3S. The molecule has 1 heterocycles. The van der Waals surface area contributed by atoms with Crippen LogP contribution in [0.2, 0.25) is 5.02 Å². The number of nitrogens with one attached hydrogen (secondary N) is 2. The highest BCUT2D eigenvalue weighted by atomic mass is 35.5. The van der Waals surface area contributed by atoms with E-state index >= 15 is 0 Å². The lowest BCUT2D eigenvalue weighted by Gasteiger charge is -2.35. The number of hydrogen-bond acceptors (Lipinski definition) is 5. The highest BCUT2D eigenvalue weighted by Crippen LogP contribution is 2.30. The predicted octanol–water partition coefficient (Wildman–Crippen LogP) is 2.95. The van der Waals surface area contributed by atoms with Crippen LogP contribution in [0.1, 0.15) is 10.4 Å². The molecule has 0 unspecified atom stereocenters. The van der Waals surface area contributed by atoms with E-state index in [1.54, 1.807) is 12.1 Å². The quantitative estimate of drug-likeness (QED) is 0.613. The van der Waals surface area contributed by atoms with Gasteiger partial charge in [-0.05, 0) is 43.4 Å². The second-order valence-corrected chi connectivity index (χ2v) is 9.36. The molecule has 31 heavy (non-hydrogen) atoms. The Morgan fingerprint density at radius 2 is 1.90 bits per heavy atom. The van der Waals surface area contributed by atoms with Crippen LogP contribution in [0.5, 0.6) is 0 Å². The van der Waals surface area contributed by atoms with Gasteiger partial charge in [-0.25, -0.2) is 17.5 Å². The fraction of sp³-hybridized carbons (Fsp3) is 0.286. The number of carbonyl (C=O) groups excluding carboxylic acids is 1. The molecule has 1 aliphatic rings. The number of amides is 1. The Morgan fingerprint density at radius 3 is 2.58 bits per heavy atom. The van der Waals surface area contributed by atoms with Crippen LogP contribution in [0.3, 0.4) is 0 Å². The van der Waals surface area contributed by atoms with Crippen LogP contribution in [-0.4, -0.2) is 59.0 Å². The molecule has 7 nitrogen and oxygen atoms in total. The first-order valence-electron chi connectivity index (χ1n) is 9.66. The van der Waals surface area contributed by atoms with E-state index in [0.29, 0.717) is 10.7 Å². The minimum atomic E-state index is -4.13. The van der Waals surface area contributed by atoms with E-state index in [4.69, 9.17) is 11.6 Å². The summed E-state index contributed by atoms with van der Waals surface area (Å²) < 4.78 is 41.0. The summed E-state index contributed by atoms with van der Waals surface area (Å²) in [6.45, 7) is 6.70. The van der Waals surface area contributed by atoms with E-state index in [9.17, 15) is 17.6 Å². The van der Waals surface area contributed by atoms with Gasteiger partial charge in [0.1, 0.15) is 10.7 Å². The number of carbonyl (C=O) groups is 1. The van der Waals surface area contributed by atoms with Crippen LogP contribution in [0, 0.1) is 5.82 Å². The average molecular weight is 467 g/mol. The summed E-state index contributed by atoms with van der Waals surface area (Å²) in [5, 5.41) is 3.23. The van der Waals surface area contributed by atoms with Crippen LogP contribution >= 0.6 is 11.6 Å². The Labute approximate surface area is 186 Å². The van der Waals surface area contributed by atoms with E-state index in [0.717, 1.165) is 44.0 Å². The maximum atomic E-state index is 14.2. The minimum absolute atomic E-state index is 0.00433. The first-order valence-corrected chi connectivity index (χ1v) is 11.5. The van der Waals surface area contributed by atoms with Crippen LogP contribution in [0.25, 0.3) is 0 Å². The number of piperazine rings is 1. The number of nitrogens with zero attached hydrogens (tertiary/aromatic N) is 2. The molecule has 1 saturated heterocycles. The molecule has 0 radical (unpaired) electrons. The highest BCUT2D eigenvalue weighted by molar-refractivity contribution is 7.89. The third-order valence-corrected chi connectivity index (χ3v) is 6.63. The van der Waals surface area contributed by atoms with Gasteiger partial charge in [0.2, 0.25) is 10.0 Å². The highest BCUT2D eigenvalue weighted by Gasteiger charge is 2.22. The van der Waals surface area contributed by atoms with Crippen LogP contribution in [0.15, 0.2) is 53.9 Å². The molecule has 0 spiro atoms. The van der Waals surface area contributed by atoms with Crippen molar-refractivity contribution in [1.82, 2.24) is 9.62 Å². The number of likely N-dealkylation sites (N-methyl/N-ethyl adjacent to an activating group) is 1. The van der Waals surface area contributed by atoms with Crippen molar-refractivity contribution in [3.05, 3.63) is 65.5 Å². The van der Waals surface area contributed by atoms with Gasteiger partial charge < -0.3 is 15.1 Å². The fourth-order valence-corrected chi connectivity index (χ4v) is 4.49. The van der Waals surface area contributed by atoms with Crippen LogP contribution < -0.4 is 14.9 Å². The molecule has 2 aromatic rings. The summed E-state index contributed by atoms with van der Waals surface area (Å²) in [7, 11) is -2.08. The van der Waals surface area contributed by atoms with E-state index in [1.165, 1.54) is 12.1 Å². The average Bonchev–Trinajstić information content (AvgIpc) is 2.73. The molecule has 10 heteroatoms. The maximum absolute atomic E-state index is 14.2. The van der Waals surface area contributed by atoms with Crippen molar-refractivity contribution in [2.75, 3.05) is 50.0 Å². The number of anilines is 2. The maximum Gasteiger partial charge on any atom is 0.255 e. The Hall–Kier alpha value is -2.46. The number of benzene rings is 2. The molecule has 1 aliphatic heterocycles. The Bertz CT molecular complexity index is 1090. The zero-order chi connectivity index (χ0) is 22.6. The lowest BCUT2D eigenvalue weighted by Crippen LogP contribution is -2.44. The normalized spacial score (nSPS) is 15.0. The summed E-state index contributed by atoms with van der Waals surface area (Å²) in [6, 6.07) is 8.42. The lowest BCUT2D eigenvalue weighted by molar-refractivity contribution is 0.102. The third-order valence-electron chi connectivity index (χ3n) is 4.95. The molecule has 1 fully saturated rings. The van der Waals surface area contributed by atoms with Crippen molar-refractivity contribution >= 4 is 38.9 Å². The van der Waals surface area contributed by atoms with E-state index in [-0.39, 0.29) is 12.1 Å². The van der Waals surface area contributed by atoms with Crippen LogP contribution in [0.4, 0.5) is 15.8 Å². The van der Waals surface area contributed by atoms with E-state index in [1.807, 2.05) is 13.1 Å². The van der Waals surface area contributed by atoms with Crippen molar-refractivity contribution in [3.8, 4) is 0 Å². The van der Waals surface area contributed by atoms with Gasteiger partial charge in [0.25, 0.3) is 5.91 Å². The molecule has 0 aromatic heterocycles. The van der Waals surface area contributed by atoms with Gasteiger partial charge in [-0.1, -0.05) is 17.7 Å². The van der Waals surface area contributed by atoms with Crippen LogP contribution in [-0.2, 0) is 10.0 Å². The van der Waals surface area contributed by atoms with Crippen molar-refractivity contribution < 1.29 is 17.6 Å². The fourth-order valence-electron chi connectivity index (χ4n) is 3.22.